The molecule has 2 rings (SSSR count). The highest BCUT2D eigenvalue weighted by Gasteiger charge is 2.46. The summed E-state index contributed by atoms with van der Waals surface area (Å²) in [5.41, 5.74) is 0.614. The van der Waals surface area contributed by atoms with E-state index in [0.717, 1.165) is 19.3 Å². The van der Waals surface area contributed by atoms with Crippen LogP contribution in [0.25, 0.3) is 0 Å². The van der Waals surface area contributed by atoms with Crippen molar-refractivity contribution in [2.45, 2.75) is 31.9 Å². The van der Waals surface area contributed by atoms with Gasteiger partial charge in [-0.15, -0.1) is 0 Å². The number of alkyl halides is 3. The zero-order chi connectivity index (χ0) is 21.8. The maximum absolute atomic E-state index is 13.3. The Morgan fingerprint density at radius 3 is 2.38 bits per heavy atom. The Kier molecular flexibility index (Phi) is 7.43. The Balaban J connectivity index is 2.33. The molecule has 0 spiro atoms. The van der Waals surface area contributed by atoms with Crippen molar-refractivity contribution in [1.82, 2.24) is 9.97 Å². The number of carbonyl (C=O) groups is 2. The molecule has 0 saturated carbocycles. The van der Waals surface area contributed by atoms with Crippen molar-refractivity contribution in [3.05, 3.63) is 52.0 Å². The summed E-state index contributed by atoms with van der Waals surface area (Å²) in [5.74, 6) is -6.18. The number of halogens is 5. The predicted molar refractivity (Wildman–Crippen MR) is 101 cm³/mol. The van der Waals surface area contributed by atoms with Crippen LogP contribution >= 0.6 is 23.2 Å². The number of hydrogen-bond donors (Lipinski definition) is 2. The molecule has 1 heterocycles. The summed E-state index contributed by atoms with van der Waals surface area (Å²) in [6.45, 7) is 0.854. The normalized spacial score (nSPS) is 13.6. The van der Waals surface area contributed by atoms with Crippen LogP contribution in [-0.2, 0) is 16.0 Å². The van der Waals surface area contributed by atoms with Gasteiger partial charge in [-0.3, -0.25) is 9.59 Å². The fraction of sp³-hybridized carbons (Fsp3) is 0.333. The molecule has 6 nitrogen and oxygen atoms in total. The first-order chi connectivity index (χ1) is 13.5. The monoisotopic (exact) mass is 449 g/mol. The molecule has 0 aliphatic rings. The molecule has 156 valence electrons. The Morgan fingerprint density at radius 1 is 1.21 bits per heavy atom. The summed E-state index contributed by atoms with van der Waals surface area (Å²) in [6.07, 6.45) is -2.46. The fourth-order valence-electron chi connectivity index (χ4n) is 2.53. The van der Waals surface area contributed by atoms with E-state index in [9.17, 15) is 22.8 Å². The average Bonchev–Trinajstić information content (AvgIpc) is 2.63. The Morgan fingerprint density at radius 2 is 1.83 bits per heavy atom. The van der Waals surface area contributed by atoms with Crippen molar-refractivity contribution in [3.8, 4) is 0 Å². The van der Waals surface area contributed by atoms with Crippen LogP contribution in [0.1, 0.15) is 30.7 Å². The quantitative estimate of drug-likeness (QED) is 0.637. The van der Waals surface area contributed by atoms with E-state index in [1.54, 1.807) is 6.07 Å². The van der Waals surface area contributed by atoms with Crippen molar-refractivity contribution >= 4 is 40.8 Å². The van der Waals surface area contributed by atoms with E-state index in [-0.39, 0.29) is 34.4 Å². The summed E-state index contributed by atoms with van der Waals surface area (Å²) in [6, 6.07) is 4.41. The highest BCUT2D eigenvalue weighted by atomic mass is 35.5. The van der Waals surface area contributed by atoms with Crippen LogP contribution in [0.3, 0.4) is 0 Å². The van der Waals surface area contributed by atoms with Crippen LogP contribution in [0.15, 0.2) is 30.6 Å². The lowest BCUT2D eigenvalue weighted by Crippen LogP contribution is -2.35. The first kappa shape index (κ1) is 22.9. The van der Waals surface area contributed by atoms with Crippen molar-refractivity contribution in [2.24, 2.45) is 5.92 Å². The molecule has 0 aliphatic heterocycles. The summed E-state index contributed by atoms with van der Waals surface area (Å²) < 4.78 is 40.0. The van der Waals surface area contributed by atoms with Gasteiger partial charge in [0.1, 0.15) is 11.7 Å². The number of benzene rings is 1. The number of nitrogens with zero attached hydrogens (tertiary/aromatic N) is 2. The Labute approximate surface area is 174 Å². The number of carbonyl (C=O) groups excluding carboxylic acids is 1. The molecule has 0 fully saturated rings. The highest BCUT2D eigenvalue weighted by Crippen LogP contribution is 2.37. The molecule has 2 N–H and O–H groups in total. The topological polar surface area (TPSA) is 92.2 Å². The van der Waals surface area contributed by atoms with E-state index >= 15 is 0 Å². The van der Waals surface area contributed by atoms with Gasteiger partial charge in [-0.25, -0.2) is 9.97 Å². The van der Waals surface area contributed by atoms with Crippen molar-refractivity contribution in [3.63, 3.8) is 0 Å². The van der Waals surface area contributed by atoms with Crippen molar-refractivity contribution in [1.29, 1.82) is 0 Å². The number of carboxylic acids is 1. The van der Waals surface area contributed by atoms with Gasteiger partial charge in [-0.1, -0.05) is 36.2 Å². The number of carboxylic acid groups (broad SMARTS) is 1. The number of anilines is 1. The number of hydrogen-bond acceptors (Lipinski definition) is 4. The third-order valence-electron chi connectivity index (χ3n) is 4.13. The zero-order valence-corrected chi connectivity index (χ0v) is 16.5. The lowest BCUT2D eigenvalue weighted by molar-refractivity contribution is -0.178. The molecule has 2 atom stereocenters. The number of aryl methyl sites for hydroxylation is 1. The second kappa shape index (κ2) is 9.41. The number of nitrogens with one attached hydrogen (secondary N) is 1. The largest absolute Gasteiger partial charge is 0.481 e. The lowest BCUT2D eigenvalue weighted by atomic mass is 9.91. The molecule has 11 heteroatoms. The zero-order valence-electron chi connectivity index (χ0n) is 15.0. The predicted octanol–water partition coefficient (Wildman–Crippen LogP) is 4.72. The minimum Gasteiger partial charge on any atom is -0.481 e. The standard InChI is InChI=1S/C18H16Cl2F3N3O3/c1-9(18(21,22)23)15(16-24-7-11(19)8-25-16)17(29)26-13-6-10(2-4-12(13)20)3-5-14(27)28/h2,4,6-9,15H,3,5H2,1H3,(H,26,29)(H,27,28)/t9-,15+/m1/s1. The van der Waals surface area contributed by atoms with Gasteiger partial charge in [-0.05, 0) is 24.1 Å². The number of rotatable bonds is 7. The van der Waals surface area contributed by atoms with Crippen LogP contribution in [0.4, 0.5) is 18.9 Å². The molecule has 2 aromatic rings. The third-order valence-corrected chi connectivity index (χ3v) is 4.66. The summed E-state index contributed by atoms with van der Waals surface area (Å²) in [7, 11) is 0. The second-order valence-electron chi connectivity index (χ2n) is 6.26. The first-order valence-corrected chi connectivity index (χ1v) is 9.10. The second-order valence-corrected chi connectivity index (χ2v) is 7.11. The SMILES string of the molecule is C[C@H]([C@H](C(=O)Nc1cc(CCC(=O)O)ccc1Cl)c1ncc(Cl)cn1)C(F)(F)F. The molecule has 0 unspecified atom stereocenters. The van der Waals surface area contributed by atoms with Gasteiger partial charge < -0.3 is 10.4 Å². The maximum atomic E-state index is 13.3. The number of aromatic nitrogens is 2. The van der Waals surface area contributed by atoms with Crippen LogP contribution < -0.4 is 5.32 Å². The molecular formula is C18H16Cl2F3N3O3. The van der Waals surface area contributed by atoms with Crippen LogP contribution in [-0.4, -0.2) is 33.1 Å². The molecule has 0 aliphatic carbocycles. The third kappa shape index (κ3) is 6.30. The van der Waals surface area contributed by atoms with Gasteiger partial charge in [0.05, 0.1) is 21.7 Å². The highest BCUT2D eigenvalue weighted by molar-refractivity contribution is 6.33. The minimum atomic E-state index is -4.68. The van der Waals surface area contributed by atoms with Gasteiger partial charge in [0.25, 0.3) is 0 Å². The van der Waals surface area contributed by atoms with E-state index in [4.69, 9.17) is 28.3 Å². The molecule has 1 aromatic heterocycles. The Hall–Kier alpha value is -2.39. The molecule has 29 heavy (non-hydrogen) atoms. The van der Waals surface area contributed by atoms with Crippen molar-refractivity contribution < 1.29 is 27.9 Å². The average molecular weight is 450 g/mol. The summed E-state index contributed by atoms with van der Waals surface area (Å²) in [4.78, 5) is 31.0. The van der Waals surface area contributed by atoms with Crippen LogP contribution in [0.5, 0.6) is 0 Å². The molecule has 0 saturated heterocycles. The van der Waals surface area contributed by atoms with Gasteiger partial charge in [0, 0.05) is 18.8 Å². The summed E-state index contributed by atoms with van der Waals surface area (Å²) in [5, 5.41) is 11.4. The summed E-state index contributed by atoms with van der Waals surface area (Å²) >= 11 is 11.7. The van der Waals surface area contributed by atoms with E-state index < -0.39 is 29.9 Å². The van der Waals surface area contributed by atoms with Gasteiger partial charge >= 0.3 is 12.1 Å². The molecule has 0 bridgehead atoms. The fourth-order valence-corrected chi connectivity index (χ4v) is 2.79. The van der Waals surface area contributed by atoms with E-state index in [1.807, 2.05) is 0 Å². The minimum absolute atomic E-state index is 0.0629. The molecule has 1 aromatic carbocycles. The van der Waals surface area contributed by atoms with E-state index in [0.29, 0.717) is 5.56 Å². The molecular weight excluding hydrogens is 434 g/mol. The number of aliphatic carboxylic acids is 1. The molecule has 1 amide bonds. The first-order valence-electron chi connectivity index (χ1n) is 8.34. The maximum Gasteiger partial charge on any atom is 0.392 e. The van der Waals surface area contributed by atoms with Gasteiger partial charge in [0.15, 0.2) is 0 Å². The van der Waals surface area contributed by atoms with E-state index in [2.05, 4.69) is 15.3 Å². The van der Waals surface area contributed by atoms with Gasteiger partial charge in [-0.2, -0.15) is 13.2 Å². The smallest absolute Gasteiger partial charge is 0.392 e. The van der Waals surface area contributed by atoms with Crippen LogP contribution in [0, 0.1) is 5.92 Å². The molecule has 0 radical (unpaired) electrons. The lowest BCUT2D eigenvalue weighted by Gasteiger charge is -2.24. The van der Waals surface area contributed by atoms with Crippen molar-refractivity contribution in [2.75, 3.05) is 5.32 Å². The van der Waals surface area contributed by atoms with E-state index in [1.165, 1.54) is 12.1 Å². The number of amides is 1. The van der Waals surface area contributed by atoms with Gasteiger partial charge in [0.2, 0.25) is 5.91 Å². The Bertz CT molecular complexity index is 892. The van der Waals surface area contributed by atoms with Crippen LogP contribution in [0.2, 0.25) is 10.0 Å².